The summed E-state index contributed by atoms with van der Waals surface area (Å²) < 4.78 is 32.8. The maximum Gasteiger partial charge on any atom is 0.243 e. The average Bonchev–Trinajstić information content (AvgIpc) is 2.72. The number of hydrogen-bond donors (Lipinski definition) is 0. The highest BCUT2D eigenvalue weighted by Gasteiger charge is 2.26. The molecule has 2 aromatic carbocycles. The van der Waals surface area contributed by atoms with E-state index in [0.717, 1.165) is 24.8 Å². The predicted octanol–water partition coefficient (Wildman–Crippen LogP) is 4.92. The topological polar surface area (TPSA) is 59.0 Å². The molecule has 156 valence electrons. The van der Waals surface area contributed by atoms with Gasteiger partial charge in [0.25, 0.3) is 0 Å². The lowest BCUT2D eigenvalue weighted by molar-refractivity contribution is 0.346. The first-order chi connectivity index (χ1) is 13.7. The van der Waals surface area contributed by atoms with E-state index < -0.39 is 10.0 Å². The van der Waals surface area contributed by atoms with Crippen LogP contribution in [0.4, 0.5) is 5.69 Å². The van der Waals surface area contributed by atoms with E-state index in [1.807, 2.05) is 12.1 Å². The van der Waals surface area contributed by atoms with E-state index in [1.165, 1.54) is 12.7 Å². The van der Waals surface area contributed by atoms with Crippen LogP contribution in [-0.2, 0) is 15.4 Å². The van der Waals surface area contributed by atoms with Crippen molar-refractivity contribution in [3.05, 3.63) is 53.6 Å². The Kier molecular flexibility index (Phi) is 6.44. The first kappa shape index (κ1) is 21.5. The highest BCUT2D eigenvalue weighted by Crippen LogP contribution is 2.32. The lowest BCUT2D eigenvalue weighted by Crippen LogP contribution is -2.35. The van der Waals surface area contributed by atoms with Crippen LogP contribution in [0.5, 0.6) is 5.75 Å². The summed E-state index contributed by atoms with van der Waals surface area (Å²) in [5.74, 6) is 0.450. The van der Waals surface area contributed by atoms with Gasteiger partial charge in [0.2, 0.25) is 10.0 Å². The van der Waals surface area contributed by atoms with Crippen LogP contribution in [0.1, 0.15) is 51.2 Å². The molecule has 2 aromatic rings. The van der Waals surface area contributed by atoms with E-state index in [9.17, 15) is 8.42 Å². The molecule has 1 aliphatic heterocycles. The number of nitrogens with zero attached hydrogens (tertiary/aromatic N) is 2. The van der Waals surface area contributed by atoms with Crippen molar-refractivity contribution in [3.8, 4) is 5.75 Å². The monoisotopic (exact) mass is 414 g/mol. The van der Waals surface area contributed by atoms with Gasteiger partial charge in [-0.25, -0.2) is 8.42 Å². The molecule has 1 fully saturated rings. The largest absolute Gasteiger partial charge is 0.494 e. The van der Waals surface area contributed by atoms with Crippen molar-refractivity contribution in [3.63, 3.8) is 0 Å². The highest BCUT2D eigenvalue weighted by atomic mass is 32.2. The van der Waals surface area contributed by atoms with Crippen LogP contribution in [0, 0.1) is 0 Å². The second-order valence-corrected chi connectivity index (χ2v) is 10.4. The molecule has 0 spiro atoms. The van der Waals surface area contributed by atoms with E-state index in [1.54, 1.807) is 28.7 Å². The van der Waals surface area contributed by atoms with Crippen molar-refractivity contribution < 1.29 is 13.2 Å². The predicted molar refractivity (Wildman–Crippen MR) is 118 cm³/mol. The maximum absolute atomic E-state index is 12.9. The van der Waals surface area contributed by atoms with Gasteiger partial charge in [0.1, 0.15) is 11.4 Å². The van der Waals surface area contributed by atoms with Gasteiger partial charge in [0, 0.05) is 25.4 Å². The molecule has 0 atom stereocenters. The Morgan fingerprint density at radius 2 is 1.66 bits per heavy atom. The van der Waals surface area contributed by atoms with Gasteiger partial charge >= 0.3 is 0 Å². The fraction of sp³-hybridized carbons (Fsp3) is 0.435. The number of methoxy groups -OCH3 is 1. The number of ether oxygens (including phenoxy) is 1. The average molecular weight is 415 g/mol. The molecule has 6 heteroatoms. The quantitative estimate of drug-likeness (QED) is 0.653. The van der Waals surface area contributed by atoms with Crippen LogP contribution in [0.15, 0.2) is 52.4 Å². The summed E-state index contributed by atoms with van der Waals surface area (Å²) in [6.45, 7) is 7.70. The van der Waals surface area contributed by atoms with Crippen molar-refractivity contribution in [2.24, 2.45) is 4.99 Å². The molecule has 0 bridgehead atoms. The zero-order valence-electron chi connectivity index (χ0n) is 17.7. The Balaban J connectivity index is 1.83. The maximum atomic E-state index is 12.9. The molecule has 0 unspecified atom stereocenters. The molecule has 0 N–H and O–H groups in total. The second-order valence-electron chi connectivity index (χ2n) is 8.43. The van der Waals surface area contributed by atoms with Gasteiger partial charge in [-0.05, 0) is 41.5 Å². The van der Waals surface area contributed by atoms with Crippen molar-refractivity contribution in [1.82, 2.24) is 4.31 Å². The molecule has 29 heavy (non-hydrogen) atoms. The Bertz CT molecular complexity index is 968. The SMILES string of the molecule is COc1cc(S(=O)(=O)N2CCCCC2)ccc1N=Cc1ccc(C(C)(C)C)cc1. The molecular formula is C23H30N2O3S. The van der Waals surface area contributed by atoms with Crippen molar-refractivity contribution >= 4 is 21.9 Å². The molecule has 0 amide bonds. The van der Waals surface area contributed by atoms with Gasteiger partial charge in [-0.1, -0.05) is 51.5 Å². The van der Waals surface area contributed by atoms with Gasteiger partial charge in [0.05, 0.1) is 12.0 Å². The van der Waals surface area contributed by atoms with E-state index in [4.69, 9.17) is 4.74 Å². The molecule has 0 radical (unpaired) electrons. The van der Waals surface area contributed by atoms with Crippen molar-refractivity contribution in [2.45, 2.75) is 50.3 Å². The Morgan fingerprint density at radius 1 is 1.00 bits per heavy atom. The van der Waals surface area contributed by atoms with E-state index in [0.29, 0.717) is 24.5 Å². The third-order valence-electron chi connectivity index (χ3n) is 5.23. The normalized spacial score (nSPS) is 16.3. The van der Waals surface area contributed by atoms with Gasteiger partial charge in [-0.15, -0.1) is 0 Å². The first-order valence-electron chi connectivity index (χ1n) is 10.0. The van der Waals surface area contributed by atoms with Crippen LogP contribution in [-0.4, -0.2) is 39.1 Å². The van der Waals surface area contributed by atoms with Gasteiger partial charge in [-0.3, -0.25) is 4.99 Å². The summed E-state index contributed by atoms with van der Waals surface area (Å²) in [5.41, 5.74) is 2.95. The molecule has 3 rings (SSSR count). The van der Waals surface area contributed by atoms with Crippen molar-refractivity contribution in [1.29, 1.82) is 0 Å². The molecule has 5 nitrogen and oxygen atoms in total. The fourth-order valence-electron chi connectivity index (χ4n) is 3.39. The zero-order chi connectivity index (χ0) is 21.1. The minimum Gasteiger partial charge on any atom is -0.494 e. The number of piperidine rings is 1. The number of aliphatic imine (C=N–C) groups is 1. The molecule has 0 aliphatic carbocycles. The highest BCUT2D eigenvalue weighted by molar-refractivity contribution is 7.89. The Morgan fingerprint density at radius 3 is 2.24 bits per heavy atom. The Hall–Kier alpha value is -2.18. The summed E-state index contributed by atoms with van der Waals surface area (Å²) in [6.07, 6.45) is 4.67. The third-order valence-corrected chi connectivity index (χ3v) is 7.13. The molecule has 0 saturated carbocycles. The third kappa shape index (κ3) is 5.06. The van der Waals surface area contributed by atoms with Crippen LogP contribution >= 0.6 is 0 Å². The summed E-state index contributed by atoms with van der Waals surface area (Å²) in [7, 11) is -1.96. The smallest absolute Gasteiger partial charge is 0.243 e. The molecule has 1 heterocycles. The minimum atomic E-state index is -3.50. The van der Waals surface area contributed by atoms with Crippen LogP contribution in [0.2, 0.25) is 0 Å². The lowest BCUT2D eigenvalue weighted by Gasteiger charge is -2.26. The van der Waals surface area contributed by atoms with E-state index in [2.05, 4.69) is 37.9 Å². The van der Waals surface area contributed by atoms with Gasteiger partial charge in [0.15, 0.2) is 0 Å². The first-order valence-corrected chi connectivity index (χ1v) is 11.5. The molecule has 0 aromatic heterocycles. The number of rotatable bonds is 5. The van der Waals surface area contributed by atoms with E-state index >= 15 is 0 Å². The summed E-state index contributed by atoms with van der Waals surface area (Å²) in [5, 5.41) is 0. The fourth-order valence-corrected chi connectivity index (χ4v) is 4.93. The summed E-state index contributed by atoms with van der Waals surface area (Å²) in [4.78, 5) is 4.77. The summed E-state index contributed by atoms with van der Waals surface area (Å²) in [6, 6.07) is 13.2. The lowest BCUT2D eigenvalue weighted by atomic mass is 9.87. The van der Waals surface area contributed by atoms with Crippen LogP contribution < -0.4 is 4.74 Å². The minimum absolute atomic E-state index is 0.106. The Labute approximate surface area is 174 Å². The van der Waals surface area contributed by atoms with Crippen LogP contribution in [0.25, 0.3) is 0 Å². The van der Waals surface area contributed by atoms with Crippen molar-refractivity contribution in [2.75, 3.05) is 20.2 Å². The second kappa shape index (κ2) is 8.67. The molecule has 1 saturated heterocycles. The standard InChI is InChI=1S/C23H30N2O3S/c1-23(2,3)19-10-8-18(9-11-19)17-24-21-13-12-20(16-22(21)28-4)29(26,27)25-14-6-5-7-15-25/h8-13,16-17H,5-7,14-15H2,1-4H3. The number of hydrogen-bond acceptors (Lipinski definition) is 4. The van der Waals surface area contributed by atoms with Gasteiger partial charge < -0.3 is 4.74 Å². The number of sulfonamides is 1. The summed E-state index contributed by atoms with van der Waals surface area (Å²) >= 11 is 0. The van der Waals surface area contributed by atoms with Crippen LogP contribution in [0.3, 0.4) is 0 Å². The van der Waals surface area contributed by atoms with Gasteiger partial charge in [-0.2, -0.15) is 4.31 Å². The molecular weight excluding hydrogens is 384 g/mol. The zero-order valence-corrected chi connectivity index (χ0v) is 18.5. The van der Waals surface area contributed by atoms with E-state index in [-0.39, 0.29) is 10.3 Å². The molecule has 1 aliphatic rings. The number of benzene rings is 2.